The van der Waals surface area contributed by atoms with Crippen molar-refractivity contribution in [2.45, 2.75) is 75.3 Å². The number of benzene rings is 2. The first-order chi connectivity index (χ1) is 24.1. The molecule has 0 amide bonds. The molecule has 0 aromatic heterocycles. The lowest BCUT2D eigenvalue weighted by atomic mass is 9.66. The van der Waals surface area contributed by atoms with Crippen molar-refractivity contribution < 1.29 is 72.3 Å². The summed E-state index contributed by atoms with van der Waals surface area (Å²) in [4.78, 5) is 37.7. The Morgan fingerprint density at radius 2 is 1.66 bits per heavy atom. The van der Waals surface area contributed by atoms with Gasteiger partial charge in [-0.3, -0.25) is 14.4 Å². The van der Waals surface area contributed by atoms with Crippen LogP contribution in [-0.2, 0) is 38.1 Å². The van der Waals surface area contributed by atoms with E-state index >= 15 is 0 Å². The van der Waals surface area contributed by atoms with E-state index in [1.54, 1.807) is 19.1 Å². The number of hydrogen-bond acceptors (Lipinski definition) is 14. The maximum absolute atomic E-state index is 13.6. The fraction of sp³-hybridized carbons (Fsp3) is 0.571. The number of carboxylic acids is 1. The van der Waals surface area contributed by atoms with Gasteiger partial charge in [-0.15, -0.1) is 0 Å². The van der Waals surface area contributed by atoms with Crippen LogP contribution >= 0.6 is 0 Å². The Bertz CT molecular complexity index is 1620. The molecule has 2 aromatic carbocycles. The van der Waals surface area contributed by atoms with Crippen molar-refractivity contribution in [2.24, 2.45) is 17.8 Å². The Kier molecular flexibility index (Phi) is 9.41. The van der Waals surface area contributed by atoms with Gasteiger partial charge in [0.25, 0.3) is 0 Å². The van der Waals surface area contributed by atoms with E-state index in [9.17, 15) is 24.6 Å². The van der Waals surface area contributed by atoms with Crippen molar-refractivity contribution in [2.75, 3.05) is 34.2 Å². The molecule has 10 atom stereocenters. The molecule has 15 nitrogen and oxygen atoms in total. The smallest absolute Gasteiger partial charge is 0.310 e. The summed E-state index contributed by atoms with van der Waals surface area (Å²) in [5, 5.41) is 31.3. The number of ether oxygens (including phenoxy) is 9. The molecule has 1 saturated carbocycles. The molecule has 3 fully saturated rings. The molecule has 2 saturated heterocycles. The van der Waals surface area contributed by atoms with Gasteiger partial charge in [0.2, 0.25) is 12.5 Å². The van der Waals surface area contributed by atoms with Gasteiger partial charge in [-0.25, -0.2) is 0 Å². The zero-order chi connectivity index (χ0) is 35.3. The Morgan fingerprint density at radius 3 is 2.34 bits per heavy atom. The standard InChI is InChI=1S/C35H40O15/c1-15-44-12-17-9-25(34(31(40)32(17)48-15)50-27(38)6-4-5-26(36)37)49-33-19-11-22-21(46-14-47-22)10-18(19)28(29-20(33)13-45-35(29)41)16-7-23(42-2)30(39)24(8-16)43-3/h7-8,10-11,15,17,20,25,28-29,31-34,39-40H,4-6,9,12-14H2,1-3H3,(H,36,37)/t15?,17?,20-,25?,28+,29-,31?,32?,33+,34?/m0/s1. The molecule has 270 valence electrons. The number of aliphatic carboxylic acids is 1. The number of carbonyl (C=O) groups is 3. The van der Waals surface area contributed by atoms with Crippen LogP contribution in [0.15, 0.2) is 24.3 Å². The van der Waals surface area contributed by atoms with E-state index in [-0.39, 0.29) is 62.4 Å². The Morgan fingerprint density at radius 1 is 0.960 bits per heavy atom. The van der Waals surface area contributed by atoms with E-state index < -0.39 is 72.5 Å². The third kappa shape index (κ3) is 6.16. The molecule has 50 heavy (non-hydrogen) atoms. The first-order valence-electron chi connectivity index (χ1n) is 16.6. The van der Waals surface area contributed by atoms with Crippen LogP contribution in [0.4, 0.5) is 0 Å². The molecule has 0 radical (unpaired) electrons. The highest BCUT2D eigenvalue weighted by Gasteiger charge is 2.56. The topological polar surface area (TPSA) is 195 Å². The number of carbonyl (C=O) groups excluding carboxylic acids is 2. The van der Waals surface area contributed by atoms with E-state index in [4.69, 9.17) is 47.7 Å². The second-order valence-corrected chi connectivity index (χ2v) is 13.2. The average molecular weight is 701 g/mol. The SMILES string of the molecule is COc1cc([C@@H]2c3cc4c(cc3[C@@H](OC3CC5COC(C)OC5C(O)C3OC(=O)CCCC(=O)O)[C@H]3COC(=O)[C@H]23)OCO4)cc(OC)c1O. The fourth-order valence-corrected chi connectivity index (χ4v) is 7.97. The van der Waals surface area contributed by atoms with Gasteiger partial charge in [0.1, 0.15) is 6.10 Å². The number of esters is 2. The lowest BCUT2D eigenvalue weighted by Crippen LogP contribution is -2.60. The van der Waals surface area contributed by atoms with E-state index in [0.29, 0.717) is 34.6 Å². The van der Waals surface area contributed by atoms with Gasteiger partial charge in [0.15, 0.2) is 35.4 Å². The molecule has 0 bridgehead atoms. The predicted molar refractivity (Wildman–Crippen MR) is 167 cm³/mol. The van der Waals surface area contributed by atoms with Gasteiger partial charge < -0.3 is 58.0 Å². The molecule has 15 heteroatoms. The number of cyclic esters (lactones) is 1. The number of carboxylic acid groups (broad SMARTS) is 1. The van der Waals surface area contributed by atoms with Crippen LogP contribution in [-0.4, -0.2) is 98.2 Å². The second kappa shape index (κ2) is 13.8. The van der Waals surface area contributed by atoms with E-state index in [1.165, 1.54) is 14.2 Å². The highest BCUT2D eigenvalue weighted by atomic mass is 16.7. The highest BCUT2D eigenvalue weighted by Crippen LogP contribution is 2.57. The fourth-order valence-electron chi connectivity index (χ4n) is 7.97. The van der Waals surface area contributed by atoms with Crippen LogP contribution in [0.1, 0.15) is 61.3 Å². The monoisotopic (exact) mass is 700 g/mol. The largest absolute Gasteiger partial charge is 0.502 e. The molecular weight excluding hydrogens is 660 g/mol. The Balaban J connectivity index is 1.28. The summed E-state index contributed by atoms with van der Waals surface area (Å²) >= 11 is 0. The first kappa shape index (κ1) is 34.2. The predicted octanol–water partition coefficient (Wildman–Crippen LogP) is 2.81. The van der Waals surface area contributed by atoms with Crippen LogP contribution in [0, 0.1) is 17.8 Å². The minimum atomic E-state index is -1.28. The third-order valence-electron chi connectivity index (χ3n) is 10.3. The maximum atomic E-state index is 13.6. The summed E-state index contributed by atoms with van der Waals surface area (Å²) in [6.07, 6.45) is -5.42. The lowest BCUT2D eigenvalue weighted by Gasteiger charge is -2.48. The molecule has 3 N–H and O–H groups in total. The molecule has 3 heterocycles. The van der Waals surface area contributed by atoms with Gasteiger partial charge in [0.05, 0.1) is 51.7 Å². The van der Waals surface area contributed by atoms with Gasteiger partial charge >= 0.3 is 17.9 Å². The molecule has 6 unspecified atom stereocenters. The molecule has 3 aliphatic heterocycles. The quantitative estimate of drug-likeness (QED) is 0.306. The second-order valence-electron chi connectivity index (χ2n) is 13.2. The van der Waals surface area contributed by atoms with Crippen molar-refractivity contribution in [3.8, 4) is 28.7 Å². The number of methoxy groups -OCH3 is 2. The van der Waals surface area contributed by atoms with Crippen LogP contribution in [0.3, 0.4) is 0 Å². The number of hydrogen-bond donors (Lipinski definition) is 3. The first-order valence-corrected chi connectivity index (χ1v) is 16.6. The minimum absolute atomic E-state index is 0.000380. The number of phenolic OH excluding ortho intramolecular Hbond substituents is 1. The van der Waals surface area contributed by atoms with Crippen molar-refractivity contribution in [1.82, 2.24) is 0 Å². The van der Waals surface area contributed by atoms with Gasteiger partial charge in [-0.2, -0.15) is 0 Å². The van der Waals surface area contributed by atoms with E-state index in [1.807, 2.05) is 12.1 Å². The summed E-state index contributed by atoms with van der Waals surface area (Å²) in [5.74, 6) is -3.26. The summed E-state index contributed by atoms with van der Waals surface area (Å²) in [6.45, 7) is 2.02. The van der Waals surface area contributed by atoms with Gasteiger partial charge in [0, 0.05) is 30.6 Å². The molecule has 5 aliphatic rings. The number of aliphatic hydroxyl groups is 1. The molecular formula is C35H40O15. The molecule has 7 rings (SSSR count). The molecule has 2 aliphatic carbocycles. The van der Waals surface area contributed by atoms with Crippen LogP contribution < -0.4 is 18.9 Å². The normalized spacial score (nSPS) is 32.3. The number of phenols is 1. The highest BCUT2D eigenvalue weighted by molar-refractivity contribution is 5.79. The summed E-state index contributed by atoms with van der Waals surface area (Å²) < 4.78 is 52.5. The minimum Gasteiger partial charge on any atom is -0.502 e. The van der Waals surface area contributed by atoms with E-state index in [0.717, 1.165) is 0 Å². The summed E-state index contributed by atoms with van der Waals surface area (Å²) in [6, 6.07) is 6.93. The van der Waals surface area contributed by atoms with E-state index in [2.05, 4.69) is 0 Å². The van der Waals surface area contributed by atoms with Crippen molar-refractivity contribution in [3.63, 3.8) is 0 Å². The number of aliphatic hydroxyl groups excluding tert-OH is 1. The molecule has 0 spiro atoms. The lowest BCUT2D eigenvalue weighted by molar-refractivity contribution is -0.291. The van der Waals surface area contributed by atoms with Crippen LogP contribution in [0.5, 0.6) is 28.7 Å². The number of rotatable bonds is 10. The van der Waals surface area contributed by atoms with Crippen molar-refractivity contribution in [1.29, 1.82) is 0 Å². The summed E-state index contributed by atoms with van der Waals surface area (Å²) in [5.41, 5.74) is 1.99. The maximum Gasteiger partial charge on any atom is 0.310 e. The van der Waals surface area contributed by atoms with Crippen LogP contribution in [0.2, 0.25) is 0 Å². The van der Waals surface area contributed by atoms with Crippen molar-refractivity contribution >= 4 is 17.9 Å². The summed E-state index contributed by atoms with van der Waals surface area (Å²) in [7, 11) is 2.84. The third-order valence-corrected chi connectivity index (χ3v) is 10.3. The Hall–Kier alpha value is -4.31. The molecule has 2 aromatic rings. The van der Waals surface area contributed by atoms with Gasteiger partial charge in [-0.1, -0.05) is 0 Å². The zero-order valence-electron chi connectivity index (χ0n) is 27.8. The average Bonchev–Trinajstić information content (AvgIpc) is 3.72. The zero-order valence-corrected chi connectivity index (χ0v) is 27.8. The van der Waals surface area contributed by atoms with Crippen molar-refractivity contribution in [3.05, 3.63) is 41.0 Å². The van der Waals surface area contributed by atoms with Gasteiger partial charge in [-0.05, 0) is 60.7 Å². The van der Waals surface area contributed by atoms with Crippen LogP contribution in [0.25, 0.3) is 0 Å². The number of aromatic hydroxyl groups is 1. The number of fused-ring (bicyclic) bond motifs is 4. The Labute approximate surface area is 287 Å².